The van der Waals surface area contributed by atoms with Crippen molar-refractivity contribution in [1.82, 2.24) is 0 Å². The summed E-state index contributed by atoms with van der Waals surface area (Å²) in [5.41, 5.74) is 1.28. The van der Waals surface area contributed by atoms with Crippen molar-refractivity contribution >= 4 is 45.1 Å². The first-order chi connectivity index (χ1) is 9.06. The Labute approximate surface area is 129 Å². The third kappa shape index (κ3) is 3.96. The normalized spacial score (nSPS) is 10.3. The zero-order valence-electron chi connectivity index (χ0n) is 9.70. The molecule has 0 aliphatic rings. The second kappa shape index (κ2) is 6.42. The van der Waals surface area contributed by atoms with Gasteiger partial charge in [-0.3, -0.25) is 0 Å². The molecule has 0 radical (unpaired) electrons. The summed E-state index contributed by atoms with van der Waals surface area (Å²) in [6.45, 7) is 0.155. The summed E-state index contributed by atoms with van der Waals surface area (Å²) in [4.78, 5) is 11.8. The number of halogens is 3. The predicted molar refractivity (Wildman–Crippen MR) is 79.7 cm³/mol. The molecule has 0 aliphatic carbocycles. The van der Waals surface area contributed by atoms with Gasteiger partial charge in [0.05, 0.1) is 15.6 Å². The topological polar surface area (TPSA) is 26.3 Å². The second-order valence-corrected chi connectivity index (χ2v) is 5.57. The van der Waals surface area contributed by atoms with Gasteiger partial charge in [0.25, 0.3) is 0 Å². The summed E-state index contributed by atoms with van der Waals surface area (Å²) < 4.78 is 6.03. The zero-order valence-corrected chi connectivity index (χ0v) is 12.8. The molecule has 0 bridgehead atoms. The van der Waals surface area contributed by atoms with Crippen molar-refractivity contribution in [1.29, 1.82) is 0 Å². The van der Waals surface area contributed by atoms with E-state index in [4.69, 9.17) is 27.9 Å². The minimum absolute atomic E-state index is 0.155. The van der Waals surface area contributed by atoms with E-state index in [1.54, 1.807) is 36.4 Å². The molecule has 2 rings (SSSR count). The molecule has 0 saturated carbocycles. The number of rotatable bonds is 3. The smallest absolute Gasteiger partial charge is 0.338 e. The molecule has 2 nitrogen and oxygen atoms in total. The van der Waals surface area contributed by atoms with Crippen LogP contribution in [0.1, 0.15) is 15.9 Å². The van der Waals surface area contributed by atoms with Crippen LogP contribution in [0.2, 0.25) is 10.0 Å². The van der Waals surface area contributed by atoms with Gasteiger partial charge in [0.15, 0.2) is 0 Å². The number of ether oxygens (including phenoxy) is 1. The van der Waals surface area contributed by atoms with E-state index in [-0.39, 0.29) is 12.6 Å². The van der Waals surface area contributed by atoms with Crippen LogP contribution < -0.4 is 0 Å². The van der Waals surface area contributed by atoms with Gasteiger partial charge in [-0.2, -0.15) is 0 Å². The summed E-state index contributed by atoms with van der Waals surface area (Å²) in [7, 11) is 0. The number of hydrogen-bond acceptors (Lipinski definition) is 2. The Morgan fingerprint density at radius 1 is 1.11 bits per heavy atom. The minimum atomic E-state index is -0.382. The molecule has 0 amide bonds. The van der Waals surface area contributed by atoms with Crippen LogP contribution in [0.3, 0.4) is 0 Å². The van der Waals surface area contributed by atoms with E-state index in [0.29, 0.717) is 15.6 Å². The van der Waals surface area contributed by atoms with Crippen molar-refractivity contribution in [2.45, 2.75) is 6.61 Å². The molecule has 0 fully saturated rings. The molecule has 0 saturated heterocycles. The van der Waals surface area contributed by atoms with Gasteiger partial charge in [-0.05, 0) is 35.9 Å². The van der Waals surface area contributed by atoms with Gasteiger partial charge in [-0.25, -0.2) is 4.79 Å². The van der Waals surface area contributed by atoms with E-state index in [0.717, 1.165) is 10.0 Å². The maximum atomic E-state index is 11.8. The lowest BCUT2D eigenvalue weighted by Gasteiger charge is -2.06. The van der Waals surface area contributed by atoms with Crippen LogP contribution in [0.25, 0.3) is 0 Å². The monoisotopic (exact) mass is 358 g/mol. The van der Waals surface area contributed by atoms with Gasteiger partial charge in [0.2, 0.25) is 0 Å². The Kier molecular flexibility index (Phi) is 4.86. The van der Waals surface area contributed by atoms with Gasteiger partial charge in [0.1, 0.15) is 6.61 Å². The molecule has 98 valence electrons. The molecule has 0 atom stereocenters. The zero-order chi connectivity index (χ0) is 13.8. The lowest BCUT2D eigenvalue weighted by molar-refractivity contribution is 0.0472. The Balaban J connectivity index is 2.02. The van der Waals surface area contributed by atoms with Crippen molar-refractivity contribution in [3.05, 3.63) is 68.1 Å². The number of esters is 1. The van der Waals surface area contributed by atoms with Gasteiger partial charge in [0, 0.05) is 4.47 Å². The van der Waals surface area contributed by atoms with E-state index in [1.807, 2.05) is 6.07 Å². The van der Waals surface area contributed by atoms with Gasteiger partial charge in [-0.15, -0.1) is 0 Å². The highest BCUT2D eigenvalue weighted by Crippen LogP contribution is 2.23. The van der Waals surface area contributed by atoms with Crippen LogP contribution in [0, 0.1) is 0 Å². The van der Waals surface area contributed by atoms with Crippen molar-refractivity contribution in [2.24, 2.45) is 0 Å². The maximum absolute atomic E-state index is 11.8. The van der Waals surface area contributed by atoms with Crippen LogP contribution in [0.15, 0.2) is 46.9 Å². The lowest BCUT2D eigenvalue weighted by atomic mass is 10.2. The molecule has 0 aromatic heterocycles. The number of benzene rings is 2. The standard InChI is InChI=1S/C14H9BrCl2O2/c15-11-3-1-2-10(7-11)14(18)19-8-9-4-5-12(16)13(17)6-9/h1-7H,8H2. The van der Waals surface area contributed by atoms with E-state index in [9.17, 15) is 4.79 Å². The average molecular weight is 360 g/mol. The predicted octanol–water partition coefficient (Wildman–Crippen LogP) is 5.11. The lowest BCUT2D eigenvalue weighted by Crippen LogP contribution is -2.05. The average Bonchev–Trinajstić information content (AvgIpc) is 2.40. The van der Waals surface area contributed by atoms with Crippen molar-refractivity contribution in [3.8, 4) is 0 Å². The van der Waals surface area contributed by atoms with E-state index >= 15 is 0 Å². The SMILES string of the molecule is O=C(OCc1ccc(Cl)c(Cl)c1)c1cccc(Br)c1. The largest absolute Gasteiger partial charge is 0.457 e. The molecule has 5 heteroatoms. The number of carbonyl (C=O) groups is 1. The highest BCUT2D eigenvalue weighted by molar-refractivity contribution is 9.10. The molecular weight excluding hydrogens is 351 g/mol. The molecule has 0 unspecified atom stereocenters. The van der Waals surface area contributed by atoms with Crippen molar-refractivity contribution in [2.75, 3.05) is 0 Å². The van der Waals surface area contributed by atoms with Crippen molar-refractivity contribution < 1.29 is 9.53 Å². The first-order valence-electron chi connectivity index (χ1n) is 5.43. The fraction of sp³-hybridized carbons (Fsp3) is 0.0714. The summed E-state index contributed by atoms with van der Waals surface area (Å²) in [6, 6.07) is 12.1. The Hall–Kier alpha value is -1.03. The summed E-state index contributed by atoms with van der Waals surface area (Å²) in [5, 5.41) is 0.918. The third-order valence-electron chi connectivity index (χ3n) is 2.41. The van der Waals surface area contributed by atoms with E-state index < -0.39 is 0 Å². The minimum Gasteiger partial charge on any atom is -0.457 e. The van der Waals surface area contributed by atoms with Crippen LogP contribution >= 0.6 is 39.1 Å². The quantitative estimate of drug-likeness (QED) is 0.711. The van der Waals surface area contributed by atoms with Crippen LogP contribution in [0.4, 0.5) is 0 Å². The fourth-order valence-corrected chi connectivity index (χ4v) is 2.20. The Bertz CT molecular complexity index is 614. The van der Waals surface area contributed by atoms with Crippen molar-refractivity contribution in [3.63, 3.8) is 0 Å². The molecule has 0 spiro atoms. The maximum Gasteiger partial charge on any atom is 0.338 e. The Morgan fingerprint density at radius 2 is 1.89 bits per heavy atom. The highest BCUT2D eigenvalue weighted by atomic mass is 79.9. The number of carbonyl (C=O) groups excluding carboxylic acids is 1. The van der Waals surface area contributed by atoms with Crippen LogP contribution in [0.5, 0.6) is 0 Å². The Morgan fingerprint density at radius 3 is 2.58 bits per heavy atom. The van der Waals surface area contributed by atoms with Crippen LogP contribution in [-0.4, -0.2) is 5.97 Å². The van der Waals surface area contributed by atoms with E-state index in [2.05, 4.69) is 15.9 Å². The third-order valence-corrected chi connectivity index (χ3v) is 3.65. The summed E-state index contributed by atoms with van der Waals surface area (Å²) in [5.74, 6) is -0.382. The molecule has 2 aromatic rings. The molecule has 2 aromatic carbocycles. The second-order valence-electron chi connectivity index (χ2n) is 3.83. The molecule has 0 heterocycles. The molecule has 19 heavy (non-hydrogen) atoms. The van der Waals surface area contributed by atoms with Gasteiger partial charge in [-0.1, -0.05) is 51.3 Å². The van der Waals surface area contributed by atoms with Gasteiger partial charge >= 0.3 is 5.97 Å². The van der Waals surface area contributed by atoms with E-state index in [1.165, 1.54) is 0 Å². The molecule has 0 aliphatic heterocycles. The number of hydrogen-bond donors (Lipinski definition) is 0. The van der Waals surface area contributed by atoms with Gasteiger partial charge < -0.3 is 4.74 Å². The highest BCUT2D eigenvalue weighted by Gasteiger charge is 2.08. The molecule has 0 N–H and O–H groups in total. The summed E-state index contributed by atoms with van der Waals surface area (Å²) >= 11 is 15.0. The van der Waals surface area contributed by atoms with Crippen LogP contribution in [-0.2, 0) is 11.3 Å². The first kappa shape index (κ1) is 14.4. The first-order valence-corrected chi connectivity index (χ1v) is 6.98. The summed E-state index contributed by atoms with van der Waals surface area (Å²) in [6.07, 6.45) is 0. The molecular formula is C14H9BrCl2O2. The fourth-order valence-electron chi connectivity index (χ4n) is 1.48.